The molecular formula is C21H15NO2. The standard InChI is InChI=1S/C21H15NO2/c1-2-14-11-12-15(17-8-4-3-7-16(14)17)13-22-20(23)18-9-5-6-10-19(18)21(22)24/h2-12H,1,13H2. The van der Waals surface area contributed by atoms with E-state index in [2.05, 4.69) is 6.58 Å². The Bertz CT molecular complexity index is 969. The number of amides is 2. The van der Waals surface area contributed by atoms with Gasteiger partial charge in [0.1, 0.15) is 0 Å². The van der Waals surface area contributed by atoms with Gasteiger partial charge in [0, 0.05) is 0 Å². The largest absolute Gasteiger partial charge is 0.270 e. The van der Waals surface area contributed by atoms with Crippen molar-refractivity contribution in [2.75, 3.05) is 0 Å². The Morgan fingerprint density at radius 2 is 1.38 bits per heavy atom. The summed E-state index contributed by atoms with van der Waals surface area (Å²) in [4.78, 5) is 26.4. The maximum absolute atomic E-state index is 12.6. The average Bonchev–Trinajstić information content (AvgIpc) is 2.87. The minimum absolute atomic E-state index is 0.229. The van der Waals surface area contributed by atoms with Gasteiger partial charge in [-0.1, -0.05) is 61.2 Å². The summed E-state index contributed by atoms with van der Waals surface area (Å²) >= 11 is 0. The molecule has 0 spiro atoms. The lowest BCUT2D eigenvalue weighted by Crippen LogP contribution is -2.29. The number of carbonyl (C=O) groups is 2. The van der Waals surface area contributed by atoms with Crippen molar-refractivity contribution in [3.05, 3.63) is 89.5 Å². The number of hydrogen-bond acceptors (Lipinski definition) is 2. The summed E-state index contributed by atoms with van der Waals surface area (Å²) in [6, 6.07) is 18.9. The molecule has 1 heterocycles. The maximum atomic E-state index is 12.6. The Balaban J connectivity index is 1.78. The Morgan fingerprint density at radius 3 is 2.00 bits per heavy atom. The summed E-state index contributed by atoms with van der Waals surface area (Å²) in [5.41, 5.74) is 2.95. The summed E-state index contributed by atoms with van der Waals surface area (Å²) in [7, 11) is 0. The Labute approximate surface area is 139 Å². The molecule has 2 amide bonds. The number of hydrogen-bond donors (Lipinski definition) is 0. The second-order valence-corrected chi connectivity index (χ2v) is 5.81. The SMILES string of the molecule is C=Cc1ccc(CN2C(=O)c3ccccc3C2=O)c2ccccc12. The highest BCUT2D eigenvalue weighted by atomic mass is 16.2. The molecule has 0 radical (unpaired) electrons. The first-order valence-electron chi connectivity index (χ1n) is 7.79. The summed E-state index contributed by atoms with van der Waals surface area (Å²) in [6.07, 6.45) is 1.81. The number of carbonyl (C=O) groups excluding carboxylic acids is 2. The molecule has 0 saturated heterocycles. The van der Waals surface area contributed by atoms with E-state index < -0.39 is 0 Å². The van der Waals surface area contributed by atoms with E-state index in [4.69, 9.17) is 0 Å². The van der Waals surface area contributed by atoms with Crippen LogP contribution in [-0.2, 0) is 6.54 Å². The van der Waals surface area contributed by atoms with E-state index in [1.54, 1.807) is 24.3 Å². The third-order valence-electron chi connectivity index (χ3n) is 4.47. The predicted octanol–water partition coefficient (Wildman–Crippen LogP) is 4.28. The molecule has 1 aliphatic heterocycles. The molecule has 0 fully saturated rings. The van der Waals surface area contributed by atoms with Crippen molar-refractivity contribution in [3.63, 3.8) is 0 Å². The van der Waals surface area contributed by atoms with Crippen molar-refractivity contribution in [1.82, 2.24) is 4.90 Å². The molecule has 1 aliphatic rings. The molecular weight excluding hydrogens is 298 g/mol. The molecule has 3 aromatic carbocycles. The van der Waals surface area contributed by atoms with E-state index in [9.17, 15) is 9.59 Å². The molecule has 0 atom stereocenters. The molecule has 0 unspecified atom stereocenters. The van der Waals surface area contributed by atoms with Gasteiger partial charge in [0.05, 0.1) is 17.7 Å². The topological polar surface area (TPSA) is 37.4 Å². The first-order valence-corrected chi connectivity index (χ1v) is 7.79. The minimum atomic E-state index is -0.229. The number of rotatable bonds is 3. The van der Waals surface area contributed by atoms with Gasteiger partial charge in [0.2, 0.25) is 0 Å². The third kappa shape index (κ3) is 2.06. The average molecular weight is 313 g/mol. The number of benzene rings is 3. The van der Waals surface area contributed by atoms with Crippen LogP contribution in [-0.4, -0.2) is 16.7 Å². The molecule has 0 aromatic heterocycles. The zero-order valence-corrected chi connectivity index (χ0v) is 13.0. The third-order valence-corrected chi connectivity index (χ3v) is 4.47. The normalized spacial score (nSPS) is 13.4. The number of nitrogens with zero attached hydrogens (tertiary/aromatic N) is 1. The fourth-order valence-corrected chi connectivity index (χ4v) is 3.25. The van der Waals surface area contributed by atoms with Crippen molar-refractivity contribution in [2.24, 2.45) is 0 Å². The molecule has 4 rings (SSSR count). The van der Waals surface area contributed by atoms with Gasteiger partial charge in [-0.2, -0.15) is 0 Å². The monoisotopic (exact) mass is 313 g/mol. The highest BCUT2D eigenvalue weighted by Gasteiger charge is 2.35. The summed E-state index contributed by atoms with van der Waals surface area (Å²) < 4.78 is 0. The van der Waals surface area contributed by atoms with Crippen LogP contribution < -0.4 is 0 Å². The van der Waals surface area contributed by atoms with E-state index in [1.165, 1.54) is 4.90 Å². The Kier molecular flexibility index (Phi) is 3.28. The first-order chi connectivity index (χ1) is 11.7. The lowest BCUT2D eigenvalue weighted by molar-refractivity contribution is 0.0643. The molecule has 3 aromatic rings. The van der Waals surface area contributed by atoms with Crippen LogP contribution in [0.3, 0.4) is 0 Å². The zero-order chi connectivity index (χ0) is 16.7. The lowest BCUT2D eigenvalue weighted by atomic mass is 9.99. The van der Waals surface area contributed by atoms with Gasteiger partial charge in [-0.25, -0.2) is 0 Å². The highest BCUT2D eigenvalue weighted by Crippen LogP contribution is 2.28. The van der Waals surface area contributed by atoms with Crippen molar-refractivity contribution in [1.29, 1.82) is 0 Å². The molecule has 0 saturated carbocycles. The van der Waals surface area contributed by atoms with Gasteiger partial charge >= 0.3 is 0 Å². The van der Waals surface area contributed by atoms with Crippen LogP contribution in [0.5, 0.6) is 0 Å². The molecule has 0 bridgehead atoms. The quantitative estimate of drug-likeness (QED) is 0.677. The van der Waals surface area contributed by atoms with Gasteiger partial charge < -0.3 is 0 Å². The lowest BCUT2D eigenvalue weighted by Gasteiger charge is -2.16. The van der Waals surface area contributed by atoms with Crippen LogP contribution in [0.25, 0.3) is 16.8 Å². The summed E-state index contributed by atoms with van der Waals surface area (Å²) in [5, 5.41) is 2.10. The van der Waals surface area contributed by atoms with Crippen LogP contribution in [0.15, 0.2) is 67.2 Å². The molecule has 3 nitrogen and oxygen atoms in total. The molecule has 3 heteroatoms. The molecule has 0 aliphatic carbocycles. The van der Waals surface area contributed by atoms with Gasteiger partial charge in [-0.3, -0.25) is 14.5 Å². The second kappa shape index (κ2) is 5.46. The van der Waals surface area contributed by atoms with Crippen LogP contribution in [0.2, 0.25) is 0 Å². The van der Waals surface area contributed by atoms with E-state index in [0.717, 1.165) is 21.9 Å². The van der Waals surface area contributed by atoms with Gasteiger partial charge in [-0.05, 0) is 34.0 Å². The van der Waals surface area contributed by atoms with E-state index >= 15 is 0 Å². The van der Waals surface area contributed by atoms with Crippen molar-refractivity contribution >= 4 is 28.7 Å². The van der Waals surface area contributed by atoms with Crippen molar-refractivity contribution in [2.45, 2.75) is 6.54 Å². The number of fused-ring (bicyclic) bond motifs is 2. The van der Waals surface area contributed by atoms with E-state index in [0.29, 0.717) is 11.1 Å². The van der Waals surface area contributed by atoms with Crippen LogP contribution >= 0.6 is 0 Å². The van der Waals surface area contributed by atoms with Crippen LogP contribution in [0.4, 0.5) is 0 Å². The van der Waals surface area contributed by atoms with Crippen LogP contribution in [0.1, 0.15) is 31.8 Å². The van der Waals surface area contributed by atoms with E-state index in [-0.39, 0.29) is 18.4 Å². The predicted molar refractivity (Wildman–Crippen MR) is 94.7 cm³/mol. The molecule has 24 heavy (non-hydrogen) atoms. The number of imide groups is 1. The first kappa shape index (κ1) is 14.4. The minimum Gasteiger partial charge on any atom is -0.270 e. The van der Waals surface area contributed by atoms with Crippen molar-refractivity contribution in [3.8, 4) is 0 Å². The fourth-order valence-electron chi connectivity index (χ4n) is 3.25. The van der Waals surface area contributed by atoms with Crippen LogP contribution in [0, 0.1) is 0 Å². The molecule has 0 N–H and O–H groups in total. The second-order valence-electron chi connectivity index (χ2n) is 5.81. The van der Waals surface area contributed by atoms with Gasteiger partial charge in [0.15, 0.2) is 0 Å². The van der Waals surface area contributed by atoms with Gasteiger partial charge in [-0.15, -0.1) is 0 Å². The zero-order valence-electron chi connectivity index (χ0n) is 13.0. The summed E-state index contributed by atoms with van der Waals surface area (Å²) in [6.45, 7) is 4.11. The summed E-state index contributed by atoms with van der Waals surface area (Å²) in [5.74, 6) is -0.458. The fraction of sp³-hybridized carbons (Fsp3) is 0.0476. The highest BCUT2D eigenvalue weighted by molar-refractivity contribution is 6.21. The van der Waals surface area contributed by atoms with E-state index in [1.807, 2.05) is 42.5 Å². The van der Waals surface area contributed by atoms with Gasteiger partial charge in [0.25, 0.3) is 11.8 Å². The maximum Gasteiger partial charge on any atom is 0.261 e. The Morgan fingerprint density at radius 1 is 0.792 bits per heavy atom. The smallest absolute Gasteiger partial charge is 0.261 e. The Hall–Kier alpha value is -3.20. The van der Waals surface area contributed by atoms with Crippen molar-refractivity contribution < 1.29 is 9.59 Å². The molecule has 116 valence electrons.